The minimum absolute atomic E-state index is 0. The fourth-order valence-corrected chi connectivity index (χ4v) is 7.32. The molecule has 0 atom stereocenters. The summed E-state index contributed by atoms with van der Waals surface area (Å²) >= 11 is 0. The SMILES string of the molecule is [2H]C([2H])([2H])c1c[c-]c(-c2ccc(C([2H])([2H])C(C)(C)C)cn2)cc1.[2H]C([2H])([2H])c1ccc2c(n1)oc1c(-c3cc(-c4ccc(-c5ccc(C6([2H])CCCC6)cc5C([2H])([2H])[2H])cc4C([2H])([2H])[2H])c(C([2H])([2H])[2H])cn3)[c-]ccc12.[Ir]. The van der Waals surface area contributed by atoms with Gasteiger partial charge in [0.15, 0.2) is 0 Å². The molecule has 0 amide bonds. The molecule has 5 heteroatoms. The Kier molecular flexibility index (Phi) is 7.37. The molecular formula is C54H53IrN3O-2. The molecule has 4 aromatic heterocycles. The van der Waals surface area contributed by atoms with Gasteiger partial charge >= 0.3 is 0 Å². The number of pyridine rings is 3. The van der Waals surface area contributed by atoms with Crippen molar-refractivity contribution < 1.29 is 49.2 Å². The maximum atomic E-state index is 8.95. The van der Waals surface area contributed by atoms with E-state index in [0.717, 1.165) is 12.8 Å². The van der Waals surface area contributed by atoms with Crippen molar-refractivity contribution in [1.29, 1.82) is 0 Å². The first-order valence-corrected chi connectivity index (χ1v) is 19.1. The van der Waals surface area contributed by atoms with Gasteiger partial charge < -0.3 is 14.4 Å². The molecule has 0 bridgehead atoms. The molecule has 4 aromatic carbocycles. The summed E-state index contributed by atoms with van der Waals surface area (Å²) in [5, 5.41) is 1.14. The van der Waals surface area contributed by atoms with Crippen molar-refractivity contribution in [2.45, 2.75) is 93.0 Å². The molecule has 1 fully saturated rings. The number of hydrogen-bond acceptors (Lipinski definition) is 4. The van der Waals surface area contributed by atoms with Crippen molar-refractivity contribution in [3.05, 3.63) is 161 Å². The van der Waals surface area contributed by atoms with E-state index in [4.69, 9.17) is 29.1 Å². The predicted octanol–water partition coefficient (Wildman–Crippen LogP) is 14.5. The van der Waals surface area contributed by atoms with Crippen LogP contribution in [0.2, 0.25) is 0 Å². The van der Waals surface area contributed by atoms with E-state index in [1.165, 1.54) is 42.7 Å². The Morgan fingerprint density at radius 3 is 2.29 bits per heavy atom. The third-order valence-corrected chi connectivity index (χ3v) is 10.1. The Labute approximate surface area is 389 Å². The van der Waals surface area contributed by atoms with Gasteiger partial charge in [-0.25, -0.2) is 4.98 Å². The third-order valence-electron chi connectivity index (χ3n) is 10.1. The molecule has 301 valence electrons. The first-order chi connectivity index (χ1) is 35.1. The van der Waals surface area contributed by atoms with Crippen LogP contribution in [0.15, 0.2) is 114 Å². The summed E-state index contributed by atoms with van der Waals surface area (Å²) in [6, 6.07) is 31.3. The van der Waals surface area contributed by atoms with Crippen LogP contribution in [0.25, 0.3) is 66.8 Å². The molecule has 0 saturated heterocycles. The molecular weight excluding hydrogens is 899 g/mol. The minimum atomic E-state index is -2.76. The second kappa shape index (κ2) is 17.6. The molecule has 4 heterocycles. The number of aryl methyl sites for hydroxylation is 5. The van der Waals surface area contributed by atoms with Crippen molar-refractivity contribution >= 4 is 22.1 Å². The van der Waals surface area contributed by atoms with Crippen LogP contribution in [0, 0.1) is 51.8 Å². The number of fused-ring (bicyclic) bond motifs is 3. The van der Waals surface area contributed by atoms with Gasteiger partial charge in [-0.1, -0.05) is 106 Å². The quantitative estimate of drug-likeness (QED) is 0.156. The number of furan rings is 1. The summed E-state index contributed by atoms with van der Waals surface area (Å²) in [6.45, 7) is -7.08. The molecule has 0 spiro atoms. The molecule has 0 N–H and O–H groups in total. The van der Waals surface area contributed by atoms with Gasteiger partial charge in [-0.15, -0.1) is 53.6 Å². The van der Waals surface area contributed by atoms with E-state index in [9.17, 15) is 0 Å². The predicted molar refractivity (Wildman–Crippen MR) is 241 cm³/mol. The fraction of sp³-hybridized carbons (Fsp3) is 0.278. The van der Waals surface area contributed by atoms with Gasteiger partial charge in [-0.3, -0.25) is 0 Å². The maximum absolute atomic E-state index is 8.95. The number of benzene rings is 4. The Hall–Kier alpha value is -5.22. The van der Waals surface area contributed by atoms with Crippen LogP contribution in [-0.4, -0.2) is 15.0 Å². The zero-order valence-corrected chi connectivity index (χ0v) is 35.2. The maximum Gasteiger partial charge on any atom is 0.216 e. The largest absolute Gasteiger partial charge is 0.486 e. The van der Waals surface area contributed by atoms with Crippen molar-refractivity contribution in [3.63, 3.8) is 0 Å². The number of aromatic nitrogens is 3. The molecule has 1 saturated carbocycles. The zero-order valence-electron chi connectivity index (χ0n) is 50.8. The standard InChI is InChI=1S/C37H33N2O.C17H20N.Ir/c1-22-18-27(26-8-5-6-9-26)13-16-29(22)28-14-17-30(23(2)19-28)34-20-35(38-21-24(34)3)33-11-7-10-31-32-15-12-25(4)39-37(32)40-36(31)33;1-13-5-8-15(9-6-13)16-10-7-14(12-18-16)11-17(2,3)4;/h7,10,12-21,26H,5-6,8-9H2,1-4H3;5-8,10,12H,11H2,1-4H3;/q2*-1;/i1D3,2D3,3D3,4D3,26D;1D3,11D2;. The van der Waals surface area contributed by atoms with E-state index in [0.29, 0.717) is 62.7 Å². The number of hydrogen-bond donors (Lipinski definition) is 0. The first kappa shape index (κ1) is 24.8. The van der Waals surface area contributed by atoms with E-state index in [1.807, 2.05) is 20.8 Å². The Bertz CT molecular complexity index is 3440. The molecule has 1 radical (unpaired) electrons. The zero-order chi connectivity index (χ0) is 55.8. The molecule has 0 unspecified atom stereocenters. The molecule has 1 aliphatic carbocycles. The molecule has 9 rings (SSSR count). The van der Waals surface area contributed by atoms with E-state index >= 15 is 0 Å². The second-order valence-corrected chi connectivity index (χ2v) is 15.5. The van der Waals surface area contributed by atoms with Crippen LogP contribution in [0.1, 0.15) is 116 Å². The summed E-state index contributed by atoms with van der Waals surface area (Å²) < 4.78 is 152. The topological polar surface area (TPSA) is 51.8 Å². The van der Waals surface area contributed by atoms with Crippen molar-refractivity contribution in [2.75, 3.05) is 0 Å². The third kappa shape index (κ3) is 9.33. The summed E-state index contributed by atoms with van der Waals surface area (Å²) in [6.07, 6.45) is 4.20. The van der Waals surface area contributed by atoms with Crippen LogP contribution >= 0.6 is 0 Å². The summed E-state index contributed by atoms with van der Waals surface area (Å²) in [5.41, 5.74) is 3.26. The summed E-state index contributed by atoms with van der Waals surface area (Å²) in [4.78, 5) is 13.0. The second-order valence-electron chi connectivity index (χ2n) is 15.5. The molecule has 4 nitrogen and oxygen atoms in total. The van der Waals surface area contributed by atoms with Crippen LogP contribution in [0.5, 0.6) is 0 Å². The van der Waals surface area contributed by atoms with Crippen LogP contribution in [-0.2, 0) is 26.5 Å². The van der Waals surface area contributed by atoms with Gasteiger partial charge in [0.2, 0.25) is 5.71 Å². The van der Waals surface area contributed by atoms with Gasteiger partial charge in [0, 0.05) is 68.3 Å². The molecule has 0 aliphatic heterocycles. The molecule has 8 aromatic rings. The van der Waals surface area contributed by atoms with Crippen LogP contribution < -0.4 is 0 Å². The Balaban J connectivity index is 0.000000301. The van der Waals surface area contributed by atoms with E-state index < -0.39 is 51.9 Å². The van der Waals surface area contributed by atoms with Gasteiger partial charge in [0.1, 0.15) is 0 Å². The van der Waals surface area contributed by atoms with Gasteiger partial charge in [0.05, 0.1) is 5.58 Å². The van der Waals surface area contributed by atoms with Crippen molar-refractivity contribution in [2.24, 2.45) is 5.41 Å². The first-order valence-electron chi connectivity index (χ1n) is 28.1. The summed E-state index contributed by atoms with van der Waals surface area (Å²) in [5.74, 6) is -0.891. The monoisotopic (exact) mass is 970 g/mol. The molecule has 59 heavy (non-hydrogen) atoms. The number of nitrogens with zero attached hydrogens (tertiary/aromatic N) is 3. The summed E-state index contributed by atoms with van der Waals surface area (Å²) in [7, 11) is 0. The fourth-order valence-electron chi connectivity index (χ4n) is 7.32. The van der Waals surface area contributed by atoms with Gasteiger partial charge in [0.25, 0.3) is 0 Å². The normalized spacial score (nSPS) is 19.4. The Morgan fingerprint density at radius 2 is 1.56 bits per heavy atom. The van der Waals surface area contributed by atoms with Gasteiger partial charge in [-0.2, -0.15) is 0 Å². The van der Waals surface area contributed by atoms with Crippen molar-refractivity contribution in [1.82, 2.24) is 15.0 Å². The van der Waals surface area contributed by atoms with Crippen LogP contribution in [0.4, 0.5) is 0 Å². The van der Waals surface area contributed by atoms with E-state index in [2.05, 4.69) is 27.1 Å². The van der Waals surface area contributed by atoms with Crippen LogP contribution in [0.3, 0.4) is 0 Å². The minimum Gasteiger partial charge on any atom is -0.486 e. The van der Waals surface area contributed by atoms with Crippen molar-refractivity contribution in [3.8, 4) is 44.8 Å². The average molecular weight is 970 g/mol. The Morgan fingerprint density at radius 1 is 0.746 bits per heavy atom. The average Bonchev–Trinajstić information content (AvgIpc) is 3.97. The smallest absolute Gasteiger partial charge is 0.216 e. The molecule has 1 aliphatic rings. The van der Waals surface area contributed by atoms with Gasteiger partial charge in [-0.05, 0) is 132 Å². The number of rotatable bonds is 6. The van der Waals surface area contributed by atoms with E-state index in [1.54, 1.807) is 66.7 Å². The van der Waals surface area contributed by atoms with E-state index in [-0.39, 0.29) is 76.2 Å².